The zero-order chi connectivity index (χ0) is 21.6. The molecule has 0 saturated carbocycles. The number of nitrogens with zero attached hydrogens (tertiary/aromatic N) is 1. The van der Waals surface area contributed by atoms with Gasteiger partial charge in [-0.1, -0.05) is 47.5 Å². The van der Waals surface area contributed by atoms with Gasteiger partial charge in [-0.2, -0.15) is 0 Å². The number of halogens is 2. The van der Waals surface area contributed by atoms with Crippen molar-refractivity contribution in [3.05, 3.63) is 63.6 Å². The molecular formula is C22H26Cl2N2O3. The van der Waals surface area contributed by atoms with E-state index in [9.17, 15) is 9.59 Å². The lowest BCUT2D eigenvalue weighted by molar-refractivity contribution is -0.142. The van der Waals surface area contributed by atoms with Crippen molar-refractivity contribution in [2.24, 2.45) is 0 Å². The van der Waals surface area contributed by atoms with Crippen molar-refractivity contribution in [1.29, 1.82) is 0 Å². The number of carbonyl (C=O) groups excluding carboxylic acids is 2. The largest absolute Gasteiger partial charge is 0.484 e. The molecule has 0 spiro atoms. The van der Waals surface area contributed by atoms with E-state index in [-0.39, 0.29) is 31.0 Å². The van der Waals surface area contributed by atoms with Gasteiger partial charge in [-0.3, -0.25) is 9.59 Å². The average molecular weight is 437 g/mol. The summed E-state index contributed by atoms with van der Waals surface area (Å²) in [6.45, 7) is 7.20. The lowest BCUT2D eigenvalue weighted by Crippen LogP contribution is -2.50. The monoisotopic (exact) mass is 436 g/mol. The molecule has 2 aromatic rings. The number of amides is 2. The van der Waals surface area contributed by atoms with Gasteiger partial charge in [0.25, 0.3) is 5.91 Å². The van der Waals surface area contributed by atoms with Gasteiger partial charge >= 0.3 is 0 Å². The van der Waals surface area contributed by atoms with E-state index in [2.05, 4.69) is 5.32 Å². The fraction of sp³-hybridized carbons (Fsp3) is 0.364. The highest BCUT2D eigenvalue weighted by Crippen LogP contribution is 2.26. The molecule has 0 aliphatic heterocycles. The molecule has 2 rings (SSSR count). The number of aryl methyl sites for hydroxylation is 1. The zero-order valence-corrected chi connectivity index (χ0v) is 18.6. The van der Waals surface area contributed by atoms with Crippen LogP contribution in [0.5, 0.6) is 5.75 Å². The molecule has 0 heterocycles. The molecule has 156 valence electrons. The average Bonchev–Trinajstić information content (AvgIpc) is 2.66. The first kappa shape index (κ1) is 23.0. The van der Waals surface area contributed by atoms with Crippen molar-refractivity contribution in [3.8, 4) is 5.75 Å². The van der Waals surface area contributed by atoms with E-state index in [1.54, 1.807) is 31.2 Å². The van der Waals surface area contributed by atoms with Crippen LogP contribution in [0.25, 0.3) is 0 Å². The van der Waals surface area contributed by atoms with Gasteiger partial charge in [0.1, 0.15) is 11.8 Å². The second-order valence-electron chi connectivity index (χ2n) is 7.12. The summed E-state index contributed by atoms with van der Waals surface area (Å²) in [7, 11) is 0. The maximum atomic E-state index is 13.0. The maximum Gasteiger partial charge on any atom is 0.261 e. The zero-order valence-electron chi connectivity index (χ0n) is 17.0. The smallest absolute Gasteiger partial charge is 0.261 e. The second kappa shape index (κ2) is 10.5. The van der Waals surface area contributed by atoms with E-state index in [1.165, 1.54) is 4.90 Å². The molecule has 0 saturated heterocycles. The number of rotatable bonds is 8. The fourth-order valence-corrected chi connectivity index (χ4v) is 3.30. The van der Waals surface area contributed by atoms with Gasteiger partial charge in [0.05, 0.1) is 0 Å². The van der Waals surface area contributed by atoms with E-state index in [0.717, 1.165) is 5.56 Å². The van der Waals surface area contributed by atoms with Crippen LogP contribution in [0, 0.1) is 6.92 Å². The predicted molar refractivity (Wildman–Crippen MR) is 116 cm³/mol. The first-order valence-corrected chi connectivity index (χ1v) is 10.2. The molecule has 7 heteroatoms. The molecule has 0 radical (unpaired) electrons. The Morgan fingerprint density at radius 1 is 1.03 bits per heavy atom. The number of benzene rings is 2. The first-order valence-electron chi connectivity index (χ1n) is 9.41. The number of carbonyl (C=O) groups is 2. The maximum absolute atomic E-state index is 13.0. The number of para-hydroxylation sites is 1. The van der Waals surface area contributed by atoms with Gasteiger partial charge in [0.2, 0.25) is 5.91 Å². The lowest BCUT2D eigenvalue weighted by atomic mass is 10.1. The number of hydrogen-bond donors (Lipinski definition) is 1. The Balaban J connectivity index is 2.24. The minimum Gasteiger partial charge on any atom is -0.484 e. The van der Waals surface area contributed by atoms with E-state index in [0.29, 0.717) is 21.4 Å². The van der Waals surface area contributed by atoms with Crippen molar-refractivity contribution >= 4 is 35.0 Å². The molecule has 0 aliphatic rings. The highest BCUT2D eigenvalue weighted by atomic mass is 35.5. The summed E-state index contributed by atoms with van der Waals surface area (Å²) in [6, 6.07) is 11.8. The molecule has 1 atom stereocenters. The van der Waals surface area contributed by atoms with Crippen LogP contribution in [0.4, 0.5) is 0 Å². The van der Waals surface area contributed by atoms with Gasteiger partial charge in [-0.05, 0) is 51.5 Å². The van der Waals surface area contributed by atoms with Gasteiger partial charge < -0.3 is 15.0 Å². The van der Waals surface area contributed by atoms with Crippen LogP contribution in [0.3, 0.4) is 0 Å². The normalized spacial score (nSPS) is 11.8. The van der Waals surface area contributed by atoms with Crippen LogP contribution in [0.15, 0.2) is 42.5 Å². The highest BCUT2D eigenvalue weighted by molar-refractivity contribution is 6.36. The quantitative estimate of drug-likeness (QED) is 0.656. The number of hydrogen-bond acceptors (Lipinski definition) is 3. The Morgan fingerprint density at radius 3 is 2.24 bits per heavy atom. The summed E-state index contributed by atoms with van der Waals surface area (Å²) in [5.74, 6) is 0.0268. The van der Waals surface area contributed by atoms with Crippen LogP contribution in [-0.4, -0.2) is 35.4 Å². The van der Waals surface area contributed by atoms with Crippen LogP contribution in [-0.2, 0) is 16.1 Å². The molecule has 2 aromatic carbocycles. The Bertz CT molecular complexity index is 851. The minimum absolute atomic E-state index is 0.0472. The summed E-state index contributed by atoms with van der Waals surface area (Å²) >= 11 is 12.6. The molecule has 0 fully saturated rings. The molecule has 5 nitrogen and oxygen atoms in total. The predicted octanol–water partition coefficient (Wildman–Crippen LogP) is 4.62. The van der Waals surface area contributed by atoms with Gasteiger partial charge in [-0.15, -0.1) is 0 Å². The summed E-state index contributed by atoms with van der Waals surface area (Å²) in [6.07, 6.45) is 0. The molecule has 1 unspecified atom stereocenters. The van der Waals surface area contributed by atoms with Crippen LogP contribution >= 0.6 is 23.2 Å². The van der Waals surface area contributed by atoms with Crippen molar-refractivity contribution in [3.63, 3.8) is 0 Å². The number of ether oxygens (including phenoxy) is 1. The van der Waals surface area contributed by atoms with E-state index < -0.39 is 6.04 Å². The molecule has 1 N–H and O–H groups in total. The molecule has 2 amide bonds. The molecule has 29 heavy (non-hydrogen) atoms. The van der Waals surface area contributed by atoms with E-state index in [1.807, 2.05) is 39.0 Å². The van der Waals surface area contributed by atoms with Crippen molar-refractivity contribution in [2.75, 3.05) is 6.61 Å². The number of nitrogens with one attached hydrogen (secondary N) is 1. The van der Waals surface area contributed by atoms with Gasteiger partial charge in [-0.25, -0.2) is 0 Å². The van der Waals surface area contributed by atoms with Crippen molar-refractivity contribution in [2.45, 2.75) is 46.3 Å². The third-order valence-corrected chi connectivity index (χ3v) is 5.14. The molecule has 0 bridgehead atoms. The summed E-state index contributed by atoms with van der Waals surface area (Å²) in [5, 5.41) is 3.71. The van der Waals surface area contributed by atoms with E-state index in [4.69, 9.17) is 27.9 Å². The molecular weight excluding hydrogens is 411 g/mol. The van der Waals surface area contributed by atoms with Gasteiger partial charge in [0.15, 0.2) is 6.61 Å². The lowest BCUT2D eigenvalue weighted by Gasteiger charge is -2.30. The SMILES string of the molecule is Cc1ccccc1OCC(=O)N(Cc1c(Cl)cccc1Cl)C(C)C(=O)NC(C)C. The van der Waals surface area contributed by atoms with Crippen molar-refractivity contribution < 1.29 is 14.3 Å². The second-order valence-corrected chi connectivity index (χ2v) is 7.93. The summed E-state index contributed by atoms with van der Waals surface area (Å²) < 4.78 is 5.70. The van der Waals surface area contributed by atoms with Crippen molar-refractivity contribution in [1.82, 2.24) is 10.2 Å². The minimum atomic E-state index is -0.724. The third kappa shape index (κ3) is 6.38. The summed E-state index contributed by atoms with van der Waals surface area (Å²) in [5.41, 5.74) is 1.51. The van der Waals surface area contributed by atoms with Crippen LogP contribution < -0.4 is 10.1 Å². The Morgan fingerprint density at radius 2 is 1.66 bits per heavy atom. The Labute approximate surface area is 181 Å². The molecule has 0 aliphatic carbocycles. The topological polar surface area (TPSA) is 58.6 Å². The highest BCUT2D eigenvalue weighted by Gasteiger charge is 2.28. The molecule has 0 aromatic heterocycles. The Hall–Kier alpha value is -2.24. The fourth-order valence-electron chi connectivity index (χ4n) is 2.78. The third-order valence-electron chi connectivity index (χ3n) is 4.43. The summed E-state index contributed by atoms with van der Waals surface area (Å²) in [4.78, 5) is 27.0. The first-order chi connectivity index (χ1) is 13.7. The van der Waals surface area contributed by atoms with Gasteiger partial charge in [0, 0.05) is 28.2 Å². The van der Waals surface area contributed by atoms with Crippen LogP contribution in [0.2, 0.25) is 10.0 Å². The van der Waals surface area contributed by atoms with Crippen LogP contribution in [0.1, 0.15) is 31.9 Å². The standard InChI is InChI=1S/C22H26Cl2N2O3/c1-14(2)25-22(28)16(4)26(12-17-18(23)9-7-10-19(17)24)21(27)13-29-20-11-6-5-8-15(20)3/h5-11,14,16H,12-13H2,1-4H3,(H,25,28). The Kier molecular flexibility index (Phi) is 8.35. The van der Waals surface area contributed by atoms with E-state index >= 15 is 0 Å².